The number of hydrogen-bond donors (Lipinski definition) is 3. The first-order valence-electron chi connectivity index (χ1n) is 9.48. The molecule has 3 fully saturated rings. The fraction of sp³-hybridized carbons (Fsp3) is 0.600. The first-order valence-corrected chi connectivity index (χ1v) is 9.48. The molecule has 6 heteroatoms. The van der Waals surface area contributed by atoms with Gasteiger partial charge in [0, 0.05) is 11.3 Å². The van der Waals surface area contributed by atoms with E-state index in [1.165, 1.54) is 0 Å². The Hall–Kier alpha value is -1.34. The van der Waals surface area contributed by atoms with Crippen LogP contribution in [0.1, 0.15) is 39.2 Å². The zero-order chi connectivity index (χ0) is 18.7. The molecule has 5 rings (SSSR count). The molecule has 1 aromatic carbocycles. The van der Waals surface area contributed by atoms with E-state index in [-0.39, 0.29) is 17.4 Å². The van der Waals surface area contributed by atoms with Gasteiger partial charge in [-0.3, -0.25) is 0 Å². The van der Waals surface area contributed by atoms with E-state index in [9.17, 15) is 10.1 Å². The third kappa shape index (κ3) is 2.71. The highest BCUT2D eigenvalue weighted by Crippen LogP contribution is 2.63. The normalized spacial score (nSPS) is 33.7. The van der Waals surface area contributed by atoms with Gasteiger partial charge in [0.15, 0.2) is 0 Å². The zero-order valence-corrected chi connectivity index (χ0v) is 15.7. The van der Waals surface area contributed by atoms with Gasteiger partial charge in [-0.25, -0.2) is 0 Å². The van der Waals surface area contributed by atoms with Crippen molar-refractivity contribution in [3.8, 4) is 0 Å². The molecular formula is C20H28BNO4. The Kier molecular flexibility index (Phi) is 4.23. The van der Waals surface area contributed by atoms with Crippen LogP contribution < -0.4 is 5.73 Å². The van der Waals surface area contributed by atoms with Crippen molar-refractivity contribution >= 4 is 18.1 Å². The highest BCUT2D eigenvalue weighted by atomic mass is 16.5. The molecule has 3 saturated carbocycles. The number of benzene rings is 1. The minimum Gasteiger partial charge on any atom is -0.464 e. The highest BCUT2D eigenvalue weighted by molar-refractivity contribution is 6.45. The molecule has 3 aliphatic rings. The van der Waals surface area contributed by atoms with E-state index in [2.05, 4.69) is 13.8 Å². The van der Waals surface area contributed by atoms with Crippen LogP contribution in [0.15, 0.2) is 34.9 Å². The fourth-order valence-corrected chi connectivity index (χ4v) is 5.14. The Morgan fingerprint density at radius 2 is 2.04 bits per heavy atom. The average molecular weight is 357 g/mol. The lowest BCUT2D eigenvalue weighted by Crippen LogP contribution is -2.68. The van der Waals surface area contributed by atoms with E-state index < -0.39 is 18.7 Å². The fourth-order valence-electron chi connectivity index (χ4n) is 5.14. The van der Waals surface area contributed by atoms with E-state index in [1.807, 2.05) is 31.2 Å². The Morgan fingerprint density at radius 3 is 2.73 bits per heavy atom. The smallest absolute Gasteiger partial charge is 0.464 e. The second kappa shape index (κ2) is 6.09. The molecule has 2 aromatic rings. The number of para-hydroxylation sites is 1. The molecule has 2 bridgehead atoms. The Labute approximate surface area is 154 Å². The first-order chi connectivity index (χ1) is 12.2. The van der Waals surface area contributed by atoms with Crippen LogP contribution in [0.25, 0.3) is 11.0 Å². The van der Waals surface area contributed by atoms with Gasteiger partial charge >= 0.3 is 7.12 Å². The third-order valence-corrected chi connectivity index (χ3v) is 7.01. The molecule has 5 nitrogen and oxygen atoms in total. The lowest BCUT2D eigenvalue weighted by atomic mass is 9.43. The van der Waals surface area contributed by atoms with Crippen molar-refractivity contribution in [2.45, 2.75) is 57.7 Å². The Balaban J connectivity index is 1.43. The number of furan rings is 1. The molecule has 0 spiro atoms. The minimum absolute atomic E-state index is 0.131. The van der Waals surface area contributed by atoms with Crippen LogP contribution >= 0.6 is 0 Å². The van der Waals surface area contributed by atoms with Crippen molar-refractivity contribution in [2.75, 3.05) is 0 Å². The third-order valence-electron chi connectivity index (χ3n) is 7.01. The summed E-state index contributed by atoms with van der Waals surface area (Å²) in [7, 11) is -1.12. The van der Waals surface area contributed by atoms with Gasteiger partial charge in [-0.05, 0) is 55.1 Å². The molecule has 0 aliphatic heterocycles. The summed E-state index contributed by atoms with van der Waals surface area (Å²) in [6.07, 6.45) is 3.54. The molecular weight excluding hydrogens is 329 g/mol. The summed E-state index contributed by atoms with van der Waals surface area (Å²) in [6.45, 7) is 6.26. The Morgan fingerprint density at radius 1 is 1.31 bits per heavy atom. The lowest BCUT2D eigenvalue weighted by molar-refractivity contribution is -0.241. The average Bonchev–Trinajstić information content (AvgIpc) is 2.98. The largest absolute Gasteiger partial charge is 0.472 e. The predicted molar refractivity (Wildman–Crippen MR) is 101 cm³/mol. The first kappa shape index (κ1) is 18.0. The van der Waals surface area contributed by atoms with Crippen molar-refractivity contribution in [3.63, 3.8) is 0 Å². The molecule has 26 heavy (non-hydrogen) atoms. The molecule has 0 amide bonds. The van der Waals surface area contributed by atoms with Crippen molar-refractivity contribution in [1.82, 2.24) is 0 Å². The van der Waals surface area contributed by atoms with Crippen molar-refractivity contribution in [1.29, 1.82) is 0 Å². The van der Waals surface area contributed by atoms with Crippen LogP contribution in [0.4, 0.5) is 0 Å². The lowest BCUT2D eigenvalue weighted by Gasteiger charge is -2.65. The van der Waals surface area contributed by atoms with Crippen molar-refractivity contribution in [2.24, 2.45) is 23.0 Å². The maximum absolute atomic E-state index is 11.0. The Bertz CT molecular complexity index is 802. The second-order valence-electron chi connectivity index (χ2n) is 8.91. The summed E-state index contributed by atoms with van der Waals surface area (Å²) in [5.74, 6) is 0.136. The summed E-state index contributed by atoms with van der Waals surface area (Å²) in [6, 6.07) is 7.76. The topological polar surface area (TPSA) is 88.9 Å². The SMILES string of the molecule is CC1(C)[C@@H]2C[C@@H](OB(O)[C@@H](N)Cc3coc4ccccc34)[C@@](C)(O)[C@H]1C2. The summed E-state index contributed by atoms with van der Waals surface area (Å²) >= 11 is 0. The van der Waals surface area contributed by atoms with Gasteiger partial charge in [-0.2, -0.15) is 0 Å². The van der Waals surface area contributed by atoms with E-state index in [0.717, 1.165) is 29.4 Å². The zero-order valence-electron chi connectivity index (χ0n) is 15.7. The summed E-state index contributed by atoms with van der Waals surface area (Å²) in [4.78, 5) is 0. The summed E-state index contributed by atoms with van der Waals surface area (Å²) in [5.41, 5.74) is 7.16. The van der Waals surface area contributed by atoms with E-state index >= 15 is 0 Å². The number of hydrogen-bond acceptors (Lipinski definition) is 5. The van der Waals surface area contributed by atoms with Crippen LogP contribution in [-0.2, 0) is 11.1 Å². The van der Waals surface area contributed by atoms with Gasteiger partial charge in [-0.1, -0.05) is 32.0 Å². The molecule has 0 radical (unpaired) electrons. The quantitative estimate of drug-likeness (QED) is 0.716. The summed E-state index contributed by atoms with van der Waals surface area (Å²) < 4.78 is 11.4. The maximum Gasteiger partial charge on any atom is 0.472 e. The number of nitrogens with two attached hydrogens (primary N) is 1. The van der Waals surface area contributed by atoms with Crippen molar-refractivity contribution in [3.05, 3.63) is 36.1 Å². The van der Waals surface area contributed by atoms with E-state index in [0.29, 0.717) is 12.3 Å². The number of fused-ring (bicyclic) bond motifs is 3. The maximum atomic E-state index is 11.0. The van der Waals surface area contributed by atoms with Crippen LogP contribution in [0.3, 0.4) is 0 Å². The van der Waals surface area contributed by atoms with Crippen LogP contribution in [0.2, 0.25) is 0 Å². The van der Waals surface area contributed by atoms with E-state index in [1.54, 1.807) is 6.26 Å². The van der Waals surface area contributed by atoms with Gasteiger partial charge in [0.1, 0.15) is 5.58 Å². The van der Waals surface area contributed by atoms with Gasteiger partial charge in [-0.15, -0.1) is 0 Å². The predicted octanol–water partition coefficient (Wildman–Crippen LogP) is 2.52. The molecule has 5 atom stereocenters. The minimum atomic E-state index is -1.12. The summed E-state index contributed by atoms with van der Waals surface area (Å²) in [5, 5.41) is 22.5. The second-order valence-corrected chi connectivity index (χ2v) is 8.91. The van der Waals surface area contributed by atoms with Crippen LogP contribution in [0, 0.1) is 17.3 Å². The molecule has 1 aromatic heterocycles. The highest BCUT2D eigenvalue weighted by Gasteiger charge is 2.63. The molecule has 4 N–H and O–H groups in total. The van der Waals surface area contributed by atoms with Gasteiger partial charge in [0.05, 0.1) is 18.0 Å². The van der Waals surface area contributed by atoms with Gasteiger partial charge in [0.25, 0.3) is 0 Å². The standard InChI is InChI=1S/C20H28BNO4/c1-19(2)13-9-16(19)20(3,23)17(10-13)26-21(24)18(22)8-12-11-25-15-7-5-4-6-14(12)15/h4-7,11,13,16-18,23-24H,8-10,22H2,1-3H3/t13-,16-,17+,18-,20-/m0/s1. The molecule has 0 saturated heterocycles. The van der Waals surface area contributed by atoms with Crippen LogP contribution in [-0.4, -0.2) is 34.9 Å². The number of aliphatic hydroxyl groups is 1. The van der Waals surface area contributed by atoms with Crippen molar-refractivity contribution < 1.29 is 19.2 Å². The molecule has 140 valence electrons. The van der Waals surface area contributed by atoms with Gasteiger partial charge in [0.2, 0.25) is 0 Å². The molecule has 3 aliphatic carbocycles. The molecule has 0 unspecified atom stereocenters. The molecule has 1 heterocycles. The van der Waals surface area contributed by atoms with Crippen LogP contribution in [0.5, 0.6) is 0 Å². The monoisotopic (exact) mass is 357 g/mol. The number of rotatable bonds is 5. The van der Waals surface area contributed by atoms with Gasteiger partial charge < -0.3 is 24.9 Å². The van der Waals surface area contributed by atoms with E-state index in [4.69, 9.17) is 14.8 Å².